The van der Waals surface area contributed by atoms with Gasteiger partial charge in [-0.25, -0.2) is 4.98 Å². The summed E-state index contributed by atoms with van der Waals surface area (Å²) in [6.45, 7) is 12.4. The summed E-state index contributed by atoms with van der Waals surface area (Å²) in [4.78, 5) is 24.3. The Kier molecular flexibility index (Phi) is 4.87. The van der Waals surface area contributed by atoms with Gasteiger partial charge >= 0.3 is 0 Å². The van der Waals surface area contributed by atoms with Crippen LogP contribution in [0.25, 0.3) is 11.4 Å². The van der Waals surface area contributed by atoms with Crippen molar-refractivity contribution in [3.63, 3.8) is 0 Å². The van der Waals surface area contributed by atoms with Gasteiger partial charge in [-0.15, -0.1) is 0 Å². The van der Waals surface area contributed by atoms with E-state index in [-0.39, 0.29) is 17.4 Å². The van der Waals surface area contributed by atoms with Crippen LogP contribution < -0.4 is 0 Å². The Balaban J connectivity index is 1.59. The first-order valence-electron chi connectivity index (χ1n) is 11.5. The molecule has 2 aromatic rings. The van der Waals surface area contributed by atoms with Crippen molar-refractivity contribution in [3.8, 4) is 11.4 Å². The summed E-state index contributed by atoms with van der Waals surface area (Å²) in [6.07, 6.45) is 6.12. The zero-order chi connectivity index (χ0) is 21.8. The Labute approximate surface area is 184 Å². The first kappa shape index (κ1) is 20.2. The average Bonchev–Trinajstić information content (AvgIpc) is 2.98. The molecule has 0 saturated heterocycles. The molecule has 2 aliphatic heterocycles. The fourth-order valence-electron chi connectivity index (χ4n) is 5.07. The second-order valence-electron chi connectivity index (χ2n) is 10.2. The molecule has 0 bridgehead atoms. The van der Waals surface area contributed by atoms with E-state index in [1.807, 2.05) is 4.90 Å². The number of nitrogens with zero attached hydrogens (tertiary/aromatic N) is 4. The Morgan fingerprint density at radius 3 is 2.55 bits per heavy atom. The molecule has 162 valence electrons. The third-order valence-electron chi connectivity index (χ3n) is 7.21. The number of amides is 1. The molecule has 31 heavy (non-hydrogen) atoms. The van der Waals surface area contributed by atoms with Crippen LogP contribution in [0.1, 0.15) is 68.9 Å². The molecule has 1 aromatic carbocycles. The molecule has 1 saturated carbocycles. The quantitative estimate of drug-likeness (QED) is 0.676. The summed E-state index contributed by atoms with van der Waals surface area (Å²) in [5.41, 5.74) is 5.84. The fourth-order valence-corrected chi connectivity index (χ4v) is 5.07. The predicted octanol–water partition coefficient (Wildman–Crippen LogP) is 4.78. The highest BCUT2D eigenvalue weighted by molar-refractivity contribution is 6.05. The Bertz CT molecular complexity index is 1050. The highest BCUT2D eigenvalue weighted by atomic mass is 16.2. The van der Waals surface area contributed by atoms with Crippen LogP contribution in [0.15, 0.2) is 41.9 Å². The molecule has 3 aliphatic rings. The third kappa shape index (κ3) is 3.44. The number of hydrogen-bond acceptors (Lipinski definition) is 3. The van der Waals surface area contributed by atoms with Crippen LogP contribution in [0.3, 0.4) is 0 Å². The molecule has 1 aromatic heterocycles. The maximum Gasteiger partial charge on any atom is 0.246 e. The minimum Gasteiger partial charge on any atom is -0.333 e. The van der Waals surface area contributed by atoms with Crippen molar-refractivity contribution in [1.82, 2.24) is 14.5 Å². The van der Waals surface area contributed by atoms with E-state index in [2.05, 4.69) is 56.2 Å². The maximum absolute atomic E-state index is 12.3. The van der Waals surface area contributed by atoms with E-state index in [9.17, 15) is 4.79 Å². The van der Waals surface area contributed by atoms with Crippen molar-refractivity contribution in [2.45, 2.75) is 58.4 Å². The highest BCUT2D eigenvalue weighted by Gasteiger charge is 2.38. The van der Waals surface area contributed by atoms with Crippen LogP contribution in [0.2, 0.25) is 0 Å². The van der Waals surface area contributed by atoms with Gasteiger partial charge in [0.15, 0.2) is 0 Å². The zero-order valence-electron chi connectivity index (χ0n) is 18.9. The molecule has 1 unspecified atom stereocenters. The maximum atomic E-state index is 12.3. The summed E-state index contributed by atoms with van der Waals surface area (Å²) in [6, 6.07) is 9.31. The van der Waals surface area contributed by atoms with Gasteiger partial charge in [0.05, 0.1) is 36.2 Å². The van der Waals surface area contributed by atoms with Gasteiger partial charge in [0.1, 0.15) is 5.82 Å². The van der Waals surface area contributed by atoms with Crippen molar-refractivity contribution in [2.75, 3.05) is 19.6 Å². The van der Waals surface area contributed by atoms with Crippen LogP contribution in [0.4, 0.5) is 0 Å². The smallest absolute Gasteiger partial charge is 0.246 e. The normalized spacial score (nSPS) is 21.1. The lowest BCUT2D eigenvalue weighted by Crippen LogP contribution is -2.39. The van der Waals surface area contributed by atoms with Crippen LogP contribution in [0.5, 0.6) is 0 Å². The monoisotopic (exact) mass is 416 g/mol. The van der Waals surface area contributed by atoms with E-state index in [4.69, 9.17) is 9.98 Å². The minimum atomic E-state index is -0.0378. The van der Waals surface area contributed by atoms with E-state index in [1.54, 1.807) is 0 Å². The highest BCUT2D eigenvalue weighted by Crippen LogP contribution is 2.41. The number of imidazole rings is 1. The van der Waals surface area contributed by atoms with Gasteiger partial charge in [-0.2, -0.15) is 0 Å². The molecule has 1 amide bonds. The minimum absolute atomic E-state index is 0.0378. The van der Waals surface area contributed by atoms with Crippen LogP contribution >= 0.6 is 0 Å². The molecule has 1 fully saturated rings. The van der Waals surface area contributed by atoms with Crippen molar-refractivity contribution in [1.29, 1.82) is 0 Å². The lowest BCUT2D eigenvalue weighted by atomic mass is 9.80. The number of aliphatic imine (C=N–C) groups is 1. The summed E-state index contributed by atoms with van der Waals surface area (Å²) < 4.78 is 2.43. The van der Waals surface area contributed by atoms with Gasteiger partial charge in [0, 0.05) is 18.5 Å². The number of benzene rings is 1. The molecule has 1 aliphatic carbocycles. The number of rotatable bonds is 3. The lowest BCUT2D eigenvalue weighted by molar-refractivity contribution is -0.125. The largest absolute Gasteiger partial charge is 0.333 e. The van der Waals surface area contributed by atoms with Crippen molar-refractivity contribution >= 4 is 11.6 Å². The van der Waals surface area contributed by atoms with Gasteiger partial charge in [-0.3, -0.25) is 9.79 Å². The standard InChI is InChI=1S/C26H32N4O/c1-5-23(31)29-14-13-20-24-21(16-29)27-15-22(26(2,3)4)30(24)25(28-20)19-11-9-18(10-12-19)17-7-6-8-17/h5,9-12,17,22H,1,6-8,13-16H2,2-4H3. The van der Waals surface area contributed by atoms with Crippen molar-refractivity contribution in [3.05, 3.63) is 53.9 Å². The third-order valence-corrected chi connectivity index (χ3v) is 7.21. The van der Waals surface area contributed by atoms with E-state index < -0.39 is 0 Å². The number of aromatic nitrogens is 2. The van der Waals surface area contributed by atoms with Gasteiger partial charge in [-0.1, -0.05) is 58.0 Å². The Hall–Kier alpha value is -2.69. The molecule has 0 spiro atoms. The first-order chi connectivity index (χ1) is 14.9. The van der Waals surface area contributed by atoms with E-state index >= 15 is 0 Å². The van der Waals surface area contributed by atoms with Crippen LogP contribution in [-0.4, -0.2) is 45.7 Å². The second kappa shape index (κ2) is 7.47. The Morgan fingerprint density at radius 2 is 1.94 bits per heavy atom. The van der Waals surface area contributed by atoms with E-state index in [0.717, 1.165) is 35.3 Å². The van der Waals surface area contributed by atoms with Gasteiger partial charge in [0.25, 0.3) is 0 Å². The van der Waals surface area contributed by atoms with Gasteiger partial charge < -0.3 is 9.47 Å². The molecule has 5 rings (SSSR count). The van der Waals surface area contributed by atoms with E-state index in [0.29, 0.717) is 19.6 Å². The molecular formula is C26H32N4O. The van der Waals surface area contributed by atoms with E-state index in [1.165, 1.54) is 36.5 Å². The van der Waals surface area contributed by atoms with Crippen molar-refractivity contribution in [2.24, 2.45) is 10.4 Å². The second-order valence-corrected chi connectivity index (χ2v) is 10.2. The summed E-state index contributed by atoms with van der Waals surface area (Å²) in [5.74, 6) is 1.74. The summed E-state index contributed by atoms with van der Waals surface area (Å²) >= 11 is 0. The molecule has 5 heteroatoms. The van der Waals surface area contributed by atoms with Crippen molar-refractivity contribution < 1.29 is 4.79 Å². The topological polar surface area (TPSA) is 50.5 Å². The molecule has 1 atom stereocenters. The SMILES string of the molecule is C=CC(=O)N1CCc2nc(-c3ccc(C4CCC4)cc3)n3c2C(=NCC3C(C)(C)C)C1. The van der Waals surface area contributed by atoms with Crippen LogP contribution in [0, 0.1) is 5.41 Å². The first-order valence-corrected chi connectivity index (χ1v) is 11.5. The average molecular weight is 417 g/mol. The zero-order valence-corrected chi connectivity index (χ0v) is 18.9. The predicted molar refractivity (Wildman–Crippen MR) is 125 cm³/mol. The van der Waals surface area contributed by atoms with Crippen LogP contribution in [-0.2, 0) is 11.2 Å². The number of carbonyl (C=O) groups is 1. The fraction of sp³-hybridized carbons (Fsp3) is 0.500. The summed E-state index contributed by atoms with van der Waals surface area (Å²) in [5, 5.41) is 0. The molecule has 3 heterocycles. The lowest BCUT2D eigenvalue weighted by Gasteiger charge is -2.36. The van der Waals surface area contributed by atoms with Gasteiger partial charge in [0.2, 0.25) is 5.91 Å². The number of hydrogen-bond donors (Lipinski definition) is 0. The molecular weight excluding hydrogens is 384 g/mol. The molecule has 0 radical (unpaired) electrons. The summed E-state index contributed by atoms with van der Waals surface area (Å²) in [7, 11) is 0. The molecule has 0 N–H and O–H groups in total. The Morgan fingerprint density at radius 1 is 1.19 bits per heavy atom. The van der Waals surface area contributed by atoms with Gasteiger partial charge in [-0.05, 0) is 35.8 Å². The molecule has 5 nitrogen and oxygen atoms in total. The number of carbonyl (C=O) groups excluding carboxylic acids is 1.